The van der Waals surface area contributed by atoms with Crippen LogP contribution in [-0.2, 0) is 14.8 Å². The Kier molecular flexibility index (Phi) is 5.67. The SMILES string of the molecule is CC[C@H](C)[C@H]1COC(=O)N1C1CCN(S(=O)(=O)c2ccc(-c3ccon3)s2)CC1. The van der Waals surface area contributed by atoms with Crippen molar-refractivity contribution >= 4 is 27.5 Å². The van der Waals surface area contributed by atoms with Crippen LogP contribution in [0.2, 0.25) is 0 Å². The van der Waals surface area contributed by atoms with E-state index in [4.69, 9.17) is 9.26 Å². The molecule has 8 nitrogen and oxygen atoms in total. The van der Waals surface area contributed by atoms with Gasteiger partial charge in [-0.15, -0.1) is 11.3 Å². The van der Waals surface area contributed by atoms with Gasteiger partial charge >= 0.3 is 6.09 Å². The molecule has 0 aliphatic carbocycles. The van der Waals surface area contributed by atoms with Crippen molar-refractivity contribution in [2.24, 2.45) is 5.92 Å². The lowest BCUT2D eigenvalue weighted by atomic mass is 9.95. The van der Waals surface area contributed by atoms with Crippen molar-refractivity contribution in [2.45, 2.75) is 49.4 Å². The molecule has 2 fully saturated rings. The molecular weight excluding hydrogens is 414 g/mol. The van der Waals surface area contributed by atoms with E-state index in [1.54, 1.807) is 18.2 Å². The predicted octanol–water partition coefficient (Wildman–Crippen LogP) is 3.42. The van der Waals surface area contributed by atoms with Gasteiger partial charge in [-0.25, -0.2) is 13.2 Å². The van der Waals surface area contributed by atoms with Gasteiger partial charge in [-0.3, -0.25) is 4.90 Å². The van der Waals surface area contributed by atoms with Gasteiger partial charge in [0.15, 0.2) is 0 Å². The molecule has 10 heteroatoms. The Hall–Kier alpha value is -1.91. The molecule has 2 aliphatic heterocycles. The number of hydrogen-bond donors (Lipinski definition) is 0. The molecule has 0 unspecified atom stereocenters. The summed E-state index contributed by atoms with van der Waals surface area (Å²) in [5.41, 5.74) is 0.624. The molecule has 2 aliphatic rings. The Morgan fingerprint density at radius 1 is 1.28 bits per heavy atom. The molecular formula is C19H25N3O5S2. The number of rotatable bonds is 6. The fourth-order valence-electron chi connectivity index (χ4n) is 4.00. The minimum Gasteiger partial charge on any atom is -0.447 e. The number of aromatic nitrogens is 1. The minimum absolute atomic E-state index is 0.0180. The van der Waals surface area contributed by atoms with Crippen molar-refractivity contribution in [2.75, 3.05) is 19.7 Å². The van der Waals surface area contributed by atoms with Gasteiger partial charge in [0.1, 0.15) is 22.8 Å². The topological polar surface area (TPSA) is 93.0 Å². The van der Waals surface area contributed by atoms with Crippen LogP contribution in [0.1, 0.15) is 33.1 Å². The molecule has 4 heterocycles. The van der Waals surface area contributed by atoms with E-state index in [-0.39, 0.29) is 18.2 Å². The van der Waals surface area contributed by atoms with Gasteiger partial charge in [0.05, 0.1) is 10.9 Å². The van der Waals surface area contributed by atoms with Gasteiger partial charge in [-0.05, 0) is 30.9 Å². The molecule has 0 aromatic carbocycles. The second-order valence-electron chi connectivity index (χ2n) is 7.58. The Balaban J connectivity index is 1.44. The number of piperidine rings is 1. The average molecular weight is 440 g/mol. The Morgan fingerprint density at radius 2 is 2.03 bits per heavy atom. The number of hydrogen-bond acceptors (Lipinski definition) is 7. The Bertz CT molecular complexity index is 948. The van der Waals surface area contributed by atoms with Gasteiger partial charge in [0.2, 0.25) is 0 Å². The molecule has 0 saturated carbocycles. The van der Waals surface area contributed by atoms with Crippen LogP contribution in [0.4, 0.5) is 4.79 Å². The highest BCUT2D eigenvalue weighted by molar-refractivity contribution is 7.91. The van der Waals surface area contributed by atoms with Crippen molar-refractivity contribution in [1.29, 1.82) is 0 Å². The van der Waals surface area contributed by atoms with E-state index in [1.165, 1.54) is 21.9 Å². The normalized spacial score (nSPS) is 22.8. The molecule has 2 aromatic heterocycles. The van der Waals surface area contributed by atoms with E-state index in [9.17, 15) is 13.2 Å². The molecule has 0 bridgehead atoms. The molecule has 4 rings (SSSR count). The van der Waals surface area contributed by atoms with Gasteiger partial charge in [-0.1, -0.05) is 25.4 Å². The molecule has 0 N–H and O–H groups in total. The number of cyclic esters (lactones) is 1. The van der Waals surface area contributed by atoms with Gasteiger partial charge in [0, 0.05) is 25.2 Å². The summed E-state index contributed by atoms with van der Waals surface area (Å²) >= 11 is 1.19. The maximum atomic E-state index is 13.1. The summed E-state index contributed by atoms with van der Waals surface area (Å²) in [6.07, 6.45) is 3.39. The Morgan fingerprint density at radius 3 is 2.69 bits per heavy atom. The first kappa shape index (κ1) is 20.4. The van der Waals surface area contributed by atoms with Crippen molar-refractivity contribution in [1.82, 2.24) is 14.4 Å². The van der Waals surface area contributed by atoms with E-state index in [1.807, 2.05) is 4.90 Å². The maximum absolute atomic E-state index is 13.1. The lowest BCUT2D eigenvalue weighted by Gasteiger charge is -2.38. The molecule has 1 amide bonds. The first-order valence-corrected chi connectivity index (χ1v) is 12.1. The van der Waals surface area contributed by atoms with Crippen LogP contribution in [0, 0.1) is 5.92 Å². The molecule has 2 saturated heterocycles. The van der Waals surface area contributed by atoms with E-state index < -0.39 is 10.0 Å². The summed E-state index contributed by atoms with van der Waals surface area (Å²) in [6, 6.07) is 5.16. The molecule has 2 atom stereocenters. The summed E-state index contributed by atoms with van der Waals surface area (Å²) in [4.78, 5) is 14.9. The third kappa shape index (κ3) is 3.80. The molecule has 29 heavy (non-hydrogen) atoms. The second kappa shape index (κ2) is 8.08. The first-order valence-electron chi connectivity index (χ1n) is 9.87. The van der Waals surface area contributed by atoms with Crippen LogP contribution in [0.15, 0.2) is 33.2 Å². The number of thiophene rings is 1. The lowest BCUT2D eigenvalue weighted by molar-refractivity contribution is 0.114. The highest BCUT2D eigenvalue weighted by Crippen LogP contribution is 2.34. The zero-order chi connectivity index (χ0) is 20.6. The number of carbonyl (C=O) groups excluding carboxylic acids is 1. The van der Waals surface area contributed by atoms with Crippen molar-refractivity contribution in [3.8, 4) is 10.6 Å². The van der Waals surface area contributed by atoms with Gasteiger partial charge < -0.3 is 9.26 Å². The summed E-state index contributed by atoms with van der Waals surface area (Å²) in [6.45, 7) is 5.44. The monoisotopic (exact) mass is 439 g/mol. The number of sulfonamides is 1. The molecule has 0 spiro atoms. The quantitative estimate of drug-likeness (QED) is 0.685. The number of amides is 1. The summed E-state index contributed by atoms with van der Waals surface area (Å²) in [5, 5.41) is 3.86. The lowest BCUT2D eigenvalue weighted by Crippen LogP contribution is -2.51. The number of carbonyl (C=O) groups is 1. The summed E-state index contributed by atoms with van der Waals surface area (Å²) in [7, 11) is -3.57. The van der Waals surface area contributed by atoms with Gasteiger partial charge in [-0.2, -0.15) is 4.31 Å². The minimum atomic E-state index is -3.57. The highest BCUT2D eigenvalue weighted by atomic mass is 32.2. The molecule has 158 valence electrons. The largest absolute Gasteiger partial charge is 0.447 e. The van der Waals surface area contributed by atoms with Crippen molar-refractivity contribution < 1.29 is 22.5 Å². The van der Waals surface area contributed by atoms with E-state index in [2.05, 4.69) is 19.0 Å². The van der Waals surface area contributed by atoms with Crippen LogP contribution in [0.3, 0.4) is 0 Å². The van der Waals surface area contributed by atoms with Crippen molar-refractivity contribution in [3.05, 3.63) is 24.5 Å². The van der Waals surface area contributed by atoms with Crippen LogP contribution >= 0.6 is 11.3 Å². The summed E-state index contributed by atoms with van der Waals surface area (Å²) < 4.78 is 38.1. The van der Waals surface area contributed by atoms with Crippen molar-refractivity contribution in [3.63, 3.8) is 0 Å². The number of nitrogens with zero attached hydrogens (tertiary/aromatic N) is 3. The van der Waals surface area contributed by atoms with Crippen LogP contribution in [0.25, 0.3) is 10.6 Å². The zero-order valence-corrected chi connectivity index (χ0v) is 18.1. The maximum Gasteiger partial charge on any atom is 0.410 e. The zero-order valence-electron chi connectivity index (χ0n) is 16.5. The third-order valence-corrected chi connectivity index (χ3v) is 9.40. The second-order valence-corrected chi connectivity index (χ2v) is 10.8. The fraction of sp³-hybridized carbons (Fsp3) is 0.579. The first-order chi connectivity index (χ1) is 13.9. The highest BCUT2D eigenvalue weighted by Gasteiger charge is 2.42. The predicted molar refractivity (Wildman–Crippen MR) is 108 cm³/mol. The fourth-order valence-corrected chi connectivity index (χ4v) is 6.89. The molecule has 2 aromatic rings. The standard InChI is InChI=1S/C19H25N3O5S2/c1-3-13(2)16-12-26-19(23)22(16)14-6-9-21(10-7-14)29(24,25)18-5-4-17(28-18)15-8-11-27-20-15/h4-5,8,11,13-14,16H,3,6-7,9-10,12H2,1-2H3/t13-,16+/m0/s1. The summed E-state index contributed by atoms with van der Waals surface area (Å²) in [5.74, 6) is 0.351. The smallest absolute Gasteiger partial charge is 0.410 e. The Labute approximate surface area is 174 Å². The van der Waals surface area contributed by atoms with E-state index in [0.717, 1.165) is 11.3 Å². The van der Waals surface area contributed by atoms with E-state index >= 15 is 0 Å². The van der Waals surface area contributed by atoms with Crippen LogP contribution in [0.5, 0.6) is 0 Å². The van der Waals surface area contributed by atoms with Crippen LogP contribution in [-0.4, -0.2) is 60.7 Å². The van der Waals surface area contributed by atoms with Crippen LogP contribution < -0.4 is 0 Å². The average Bonchev–Trinajstić information content (AvgIpc) is 3.47. The molecule has 0 radical (unpaired) electrons. The number of ether oxygens (including phenoxy) is 1. The third-order valence-electron chi connectivity index (χ3n) is 5.93. The van der Waals surface area contributed by atoms with E-state index in [0.29, 0.717) is 48.4 Å². The van der Waals surface area contributed by atoms with Gasteiger partial charge in [0.25, 0.3) is 10.0 Å².